The van der Waals surface area contributed by atoms with Gasteiger partial charge in [0.1, 0.15) is 5.82 Å². The number of hydrogen-bond acceptors (Lipinski definition) is 3. The molecule has 2 fully saturated rings. The van der Waals surface area contributed by atoms with Crippen molar-refractivity contribution < 1.29 is 9.13 Å². The fraction of sp³-hybridized carbons (Fsp3) is 0.588. The summed E-state index contributed by atoms with van der Waals surface area (Å²) in [4.78, 5) is 5.70. The molecule has 2 N–H and O–H groups in total. The van der Waals surface area contributed by atoms with E-state index in [2.05, 4.69) is 15.6 Å². The van der Waals surface area contributed by atoms with Crippen LogP contribution >= 0.6 is 11.8 Å². The molecule has 1 aromatic rings. The first-order valence-electron chi connectivity index (χ1n) is 8.22. The average Bonchev–Trinajstić information content (AvgIpc) is 3.16. The third kappa shape index (κ3) is 3.98. The molecule has 0 aliphatic carbocycles. The third-order valence-corrected chi connectivity index (χ3v) is 5.26. The van der Waals surface area contributed by atoms with Gasteiger partial charge in [0.25, 0.3) is 0 Å². The van der Waals surface area contributed by atoms with Crippen molar-refractivity contribution >= 4 is 17.7 Å². The molecule has 3 atom stereocenters. The Morgan fingerprint density at radius 1 is 1.43 bits per heavy atom. The van der Waals surface area contributed by atoms with E-state index in [1.807, 2.05) is 19.2 Å². The summed E-state index contributed by atoms with van der Waals surface area (Å²) in [7, 11) is 0. The van der Waals surface area contributed by atoms with Gasteiger partial charge in [-0.05, 0) is 56.2 Å². The number of halogens is 1. The van der Waals surface area contributed by atoms with Crippen molar-refractivity contribution in [1.82, 2.24) is 10.6 Å². The van der Waals surface area contributed by atoms with Crippen LogP contribution in [0.5, 0.6) is 0 Å². The van der Waals surface area contributed by atoms with Gasteiger partial charge in [0.2, 0.25) is 0 Å². The minimum Gasteiger partial charge on any atom is -0.373 e. The van der Waals surface area contributed by atoms with E-state index in [1.54, 1.807) is 17.8 Å². The fourth-order valence-electron chi connectivity index (χ4n) is 3.32. The molecule has 2 aliphatic rings. The molecule has 6 heteroatoms. The first kappa shape index (κ1) is 16.6. The molecule has 3 rings (SSSR count). The normalized spacial score (nSPS) is 26.6. The summed E-state index contributed by atoms with van der Waals surface area (Å²) in [5.41, 5.74) is 0.916. The Morgan fingerprint density at radius 2 is 2.30 bits per heavy atom. The highest BCUT2D eigenvalue weighted by atomic mass is 32.2. The molecule has 2 heterocycles. The van der Waals surface area contributed by atoms with Crippen molar-refractivity contribution in [3.8, 4) is 0 Å². The maximum atomic E-state index is 13.5. The highest BCUT2D eigenvalue weighted by molar-refractivity contribution is 7.98. The monoisotopic (exact) mass is 337 g/mol. The van der Waals surface area contributed by atoms with Gasteiger partial charge in [-0.2, -0.15) is 0 Å². The van der Waals surface area contributed by atoms with Gasteiger partial charge in [0.15, 0.2) is 5.96 Å². The van der Waals surface area contributed by atoms with E-state index in [1.165, 1.54) is 12.5 Å². The zero-order valence-electron chi connectivity index (χ0n) is 13.6. The van der Waals surface area contributed by atoms with E-state index in [0.717, 1.165) is 35.8 Å². The van der Waals surface area contributed by atoms with Crippen molar-refractivity contribution in [1.29, 1.82) is 0 Å². The molecule has 0 amide bonds. The van der Waals surface area contributed by atoms with Gasteiger partial charge in [-0.1, -0.05) is 0 Å². The highest BCUT2D eigenvalue weighted by Gasteiger charge is 2.41. The van der Waals surface area contributed by atoms with Crippen LogP contribution in [0.2, 0.25) is 0 Å². The summed E-state index contributed by atoms with van der Waals surface area (Å²) in [6, 6.07) is 5.21. The van der Waals surface area contributed by atoms with Crippen molar-refractivity contribution in [2.45, 2.75) is 55.9 Å². The third-order valence-electron chi connectivity index (χ3n) is 4.42. The topological polar surface area (TPSA) is 45.7 Å². The number of benzene rings is 1. The summed E-state index contributed by atoms with van der Waals surface area (Å²) in [5, 5.41) is 6.76. The number of nitrogens with one attached hydrogen (secondary N) is 2. The van der Waals surface area contributed by atoms with Crippen LogP contribution in [0.3, 0.4) is 0 Å². The van der Waals surface area contributed by atoms with E-state index in [9.17, 15) is 4.39 Å². The first-order chi connectivity index (χ1) is 11.2. The van der Waals surface area contributed by atoms with Crippen LogP contribution in [0.1, 0.15) is 31.7 Å². The fourth-order valence-corrected chi connectivity index (χ4v) is 3.91. The van der Waals surface area contributed by atoms with Crippen molar-refractivity contribution in [3.63, 3.8) is 0 Å². The van der Waals surface area contributed by atoms with Gasteiger partial charge in [-0.3, -0.25) is 0 Å². The molecular formula is C17H24FN3OS. The Hall–Kier alpha value is -1.27. The lowest BCUT2D eigenvalue weighted by atomic mass is 9.96. The second-order valence-electron chi connectivity index (χ2n) is 6.01. The van der Waals surface area contributed by atoms with Crippen molar-refractivity contribution in [2.24, 2.45) is 4.99 Å². The molecule has 2 bridgehead atoms. The second kappa shape index (κ2) is 7.53. The predicted octanol–water partition coefficient (Wildman–Crippen LogP) is 2.92. The number of hydrogen-bond donors (Lipinski definition) is 2. The van der Waals surface area contributed by atoms with Gasteiger partial charge >= 0.3 is 0 Å². The van der Waals surface area contributed by atoms with Gasteiger partial charge in [-0.25, -0.2) is 9.38 Å². The van der Waals surface area contributed by atoms with Crippen molar-refractivity contribution in [3.05, 3.63) is 29.6 Å². The summed E-state index contributed by atoms with van der Waals surface area (Å²) in [5.74, 6) is 0.567. The lowest BCUT2D eigenvalue weighted by Crippen LogP contribution is -2.47. The summed E-state index contributed by atoms with van der Waals surface area (Å²) < 4.78 is 19.4. The lowest BCUT2D eigenvalue weighted by molar-refractivity contribution is 0.0992. The minimum absolute atomic E-state index is 0.215. The first-order valence-corrected chi connectivity index (χ1v) is 9.44. The van der Waals surface area contributed by atoms with Gasteiger partial charge < -0.3 is 15.4 Å². The molecule has 4 nitrogen and oxygen atoms in total. The maximum Gasteiger partial charge on any atom is 0.191 e. The number of fused-ring (bicyclic) bond motifs is 2. The van der Waals surface area contributed by atoms with Crippen LogP contribution in [-0.4, -0.2) is 37.0 Å². The predicted molar refractivity (Wildman–Crippen MR) is 92.4 cm³/mol. The Labute approximate surface area is 141 Å². The quantitative estimate of drug-likeness (QED) is 0.493. The maximum absolute atomic E-state index is 13.5. The Bertz CT molecular complexity index is 581. The molecule has 0 aromatic heterocycles. The number of aliphatic imine (C=N–C) groups is 1. The SMILES string of the molecule is CCNC(=NCc1cc(F)ccc1SC)NC1CC2CCC1O2. The number of thioether (sulfide) groups is 1. The molecule has 2 saturated heterocycles. The van der Waals surface area contributed by atoms with Crippen LogP contribution in [-0.2, 0) is 11.3 Å². The molecule has 126 valence electrons. The summed E-state index contributed by atoms with van der Waals surface area (Å²) >= 11 is 1.62. The number of nitrogens with zero attached hydrogens (tertiary/aromatic N) is 1. The second-order valence-corrected chi connectivity index (χ2v) is 6.86. The van der Waals surface area contributed by atoms with Crippen LogP contribution in [0, 0.1) is 5.82 Å². The smallest absolute Gasteiger partial charge is 0.191 e. The van der Waals surface area contributed by atoms with Crippen LogP contribution in [0.4, 0.5) is 4.39 Å². The van der Waals surface area contributed by atoms with E-state index < -0.39 is 0 Å². The number of guanidine groups is 1. The standard InChI is InChI=1S/C17H24FN3OS/c1-3-19-17(21-14-9-13-5-6-15(14)22-13)20-10-11-8-12(18)4-7-16(11)23-2/h4,7-8,13-15H,3,5-6,9-10H2,1-2H3,(H2,19,20,21). The molecule has 2 aliphatic heterocycles. The van der Waals surface area contributed by atoms with Gasteiger partial charge in [-0.15, -0.1) is 11.8 Å². The number of ether oxygens (including phenoxy) is 1. The van der Waals surface area contributed by atoms with Crippen LogP contribution in [0.15, 0.2) is 28.1 Å². The largest absolute Gasteiger partial charge is 0.373 e. The van der Waals surface area contributed by atoms with Gasteiger partial charge in [0, 0.05) is 11.4 Å². The molecular weight excluding hydrogens is 313 g/mol. The average molecular weight is 337 g/mol. The highest BCUT2D eigenvalue weighted by Crippen LogP contribution is 2.34. The molecule has 1 aromatic carbocycles. The Balaban J connectivity index is 1.68. The molecule has 0 saturated carbocycles. The molecule has 3 unspecified atom stereocenters. The Morgan fingerprint density at radius 3 is 2.96 bits per heavy atom. The zero-order valence-corrected chi connectivity index (χ0v) is 14.5. The molecule has 23 heavy (non-hydrogen) atoms. The van der Waals surface area contributed by atoms with E-state index in [0.29, 0.717) is 24.8 Å². The summed E-state index contributed by atoms with van der Waals surface area (Å²) in [6.45, 7) is 3.31. The van der Waals surface area contributed by atoms with E-state index in [-0.39, 0.29) is 5.82 Å². The Kier molecular flexibility index (Phi) is 5.43. The van der Waals surface area contributed by atoms with Gasteiger partial charge in [0.05, 0.1) is 24.8 Å². The minimum atomic E-state index is -0.215. The van der Waals surface area contributed by atoms with Crippen LogP contribution in [0.25, 0.3) is 0 Å². The zero-order chi connectivity index (χ0) is 16.2. The molecule has 0 spiro atoms. The van der Waals surface area contributed by atoms with E-state index >= 15 is 0 Å². The van der Waals surface area contributed by atoms with Crippen molar-refractivity contribution in [2.75, 3.05) is 12.8 Å². The molecule has 0 radical (unpaired) electrons. The summed E-state index contributed by atoms with van der Waals surface area (Å²) in [6.07, 6.45) is 6.06. The lowest BCUT2D eigenvalue weighted by Gasteiger charge is -2.22. The van der Waals surface area contributed by atoms with E-state index in [4.69, 9.17) is 4.74 Å². The van der Waals surface area contributed by atoms with Crippen LogP contribution < -0.4 is 10.6 Å². The number of rotatable bonds is 5.